The Labute approximate surface area is 122 Å². The largest absolute Gasteiger partial charge is 0.497 e. The molecule has 0 radical (unpaired) electrons. The average molecular weight is 277 g/mol. The van der Waals surface area contributed by atoms with E-state index in [1.54, 1.807) is 7.11 Å². The van der Waals surface area contributed by atoms with Crippen molar-refractivity contribution in [3.05, 3.63) is 29.8 Å². The van der Waals surface area contributed by atoms with Crippen LogP contribution < -0.4 is 10.1 Å². The van der Waals surface area contributed by atoms with Gasteiger partial charge in [-0.1, -0.05) is 26.0 Å². The average Bonchev–Trinajstić information content (AvgIpc) is 3.28. The first kappa shape index (κ1) is 15.3. The lowest BCUT2D eigenvalue weighted by Gasteiger charge is -2.21. The van der Waals surface area contributed by atoms with E-state index in [0.717, 1.165) is 24.6 Å². The van der Waals surface area contributed by atoms with Crippen LogP contribution >= 0.6 is 0 Å². The fourth-order valence-corrected chi connectivity index (χ4v) is 2.52. The Balaban J connectivity index is 1.90. The number of hydrogen-bond donors (Lipinski definition) is 2. The summed E-state index contributed by atoms with van der Waals surface area (Å²) in [6, 6.07) is 8.76. The first-order valence-electron chi connectivity index (χ1n) is 7.67. The van der Waals surface area contributed by atoms with Crippen molar-refractivity contribution in [2.45, 2.75) is 45.3 Å². The smallest absolute Gasteiger partial charge is 0.118 e. The lowest BCUT2D eigenvalue weighted by atomic mass is 10.0. The molecule has 2 unspecified atom stereocenters. The van der Waals surface area contributed by atoms with E-state index in [-0.39, 0.29) is 6.10 Å². The van der Waals surface area contributed by atoms with Crippen molar-refractivity contribution in [3.8, 4) is 5.75 Å². The molecule has 1 aromatic rings. The zero-order valence-corrected chi connectivity index (χ0v) is 12.8. The van der Waals surface area contributed by atoms with Gasteiger partial charge in [-0.05, 0) is 55.3 Å². The Morgan fingerprint density at radius 1 is 1.25 bits per heavy atom. The van der Waals surface area contributed by atoms with Gasteiger partial charge in [0, 0.05) is 6.04 Å². The highest BCUT2D eigenvalue weighted by Gasteiger charge is 2.31. The molecule has 0 spiro atoms. The van der Waals surface area contributed by atoms with Crippen LogP contribution in [0.4, 0.5) is 0 Å². The van der Waals surface area contributed by atoms with Gasteiger partial charge in [0.25, 0.3) is 0 Å². The van der Waals surface area contributed by atoms with Crippen LogP contribution in [0.2, 0.25) is 0 Å². The van der Waals surface area contributed by atoms with Crippen molar-refractivity contribution >= 4 is 0 Å². The minimum Gasteiger partial charge on any atom is -0.497 e. The number of benzene rings is 1. The van der Waals surface area contributed by atoms with Crippen molar-refractivity contribution in [2.75, 3.05) is 13.7 Å². The van der Waals surface area contributed by atoms with Gasteiger partial charge in [-0.2, -0.15) is 0 Å². The van der Waals surface area contributed by atoms with Gasteiger partial charge in [0.2, 0.25) is 0 Å². The van der Waals surface area contributed by atoms with Crippen LogP contribution in [0.3, 0.4) is 0 Å². The van der Waals surface area contributed by atoms with Crippen molar-refractivity contribution in [2.24, 2.45) is 11.8 Å². The summed E-state index contributed by atoms with van der Waals surface area (Å²) >= 11 is 0. The quantitative estimate of drug-likeness (QED) is 0.767. The molecule has 3 nitrogen and oxygen atoms in total. The molecular weight excluding hydrogens is 250 g/mol. The van der Waals surface area contributed by atoms with E-state index < -0.39 is 0 Å². The van der Waals surface area contributed by atoms with Gasteiger partial charge in [-0.25, -0.2) is 0 Å². The first-order chi connectivity index (χ1) is 9.61. The number of hydrogen-bond acceptors (Lipinski definition) is 3. The van der Waals surface area contributed by atoms with Gasteiger partial charge in [0.15, 0.2) is 0 Å². The summed E-state index contributed by atoms with van der Waals surface area (Å²) in [4.78, 5) is 0. The summed E-state index contributed by atoms with van der Waals surface area (Å²) in [5.41, 5.74) is 1.33. The molecule has 1 fully saturated rings. The van der Waals surface area contributed by atoms with E-state index in [0.29, 0.717) is 12.0 Å². The molecule has 1 aliphatic carbocycles. The molecule has 0 aliphatic heterocycles. The molecule has 0 heterocycles. The molecule has 0 amide bonds. The number of ether oxygens (including phenoxy) is 1. The van der Waals surface area contributed by atoms with Crippen LogP contribution in [0, 0.1) is 11.8 Å². The van der Waals surface area contributed by atoms with Gasteiger partial charge >= 0.3 is 0 Å². The van der Waals surface area contributed by atoms with Crippen LogP contribution in [0.1, 0.15) is 44.7 Å². The molecule has 0 saturated heterocycles. The minimum atomic E-state index is -0.210. The molecule has 2 N–H and O–H groups in total. The van der Waals surface area contributed by atoms with Crippen LogP contribution in [-0.2, 0) is 0 Å². The highest BCUT2D eigenvalue weighted by molar-refractivity contribution is 5.30. The standard InChI is InChI=1S/C17H27NO2/c1-12(2)16(19)10-11-18-17(13-4-5-13)14-6-8-15(20-3)9-7-14/h6-9,12-13,16-19H,4-5,10-11H2,1-3H3. The van der Waals surface area contributed by atoms with Crippen molar-refractivity contribution < 1.29 is 9.84 Å². The topological polar surface area (TPSA) is 41.5 Å². The zero-order valence-electron chi connectivity index (χ0n) is 12.8. The summed E-state index contributed by atoms with van der Waals surface area (Å²) in [6.45, 7) is 4.99. The third kappa shape index (κ3) is 4.22. The van der Waals surface area contributed by atoms with Crippen molar-refractivity contribution in [1.82, 2.24) is 5.32 Å². The Morgan fingerprint density at radius 2 is 1.90 bits per heavy atom. The Hall–Kier alpha value is -1.06. The second-order valence-corrected chi connectivity index (χ2v) is 6.14. The van der Waals surface area contributed by atoms with E-state index in [9.17, 15) is 5.11 Å². The highest BCUT2D eigenvalue weighted by atomic mass is 16.5. The third-order valence-electron chi connectivity index (χ3n) is 4.14. The molecule has 2 atom stereocenters. The molecule has 20 heavy (non-hydrogen) atoms. The van der Waals surface area contributed by atoms with Crippen LogP contribution in [0.15, 0.2) is 24.3 Å². The molecular formula is C17H27NO2. The van der Waals surface area contributed by atoms with Crippen LogP contribution in [0.25, 0.3) is 0 Å². The lowest BCUT2D eigenvalue weighted by Crippen LogP contribution is -2.28. The van der Waals surface area contributed by atoms with Gasteiger partial charge < -0.3 is 15.2 Å². The molecule has 3 heteroatoms. The van der Waals surface area contributed by atoms with Gasteiger partial charge in [0.1, 0.15) is 5.75 Å². The molecule has 1 aliphatic rings. The summed E-state index contributed by atoms with van der Waals surface area (Å²) in [5, 5.41) is 13.5. The number of rotatable bonds is 8. The summed E-state index contributed by atoms with van der Waals surface area (Å²) in [5.74, 6) is 1.98. The SMILES string of the molecule is COc1ccc(C(NCCC(O)C(C)C)C2CC2)cc1. The molecule has 2 rings (SSSR count). The van der Waals surface area contributed by atoms with Crippen LogP contribution in [-0.4, -0.2) is 24.9 Å². The fourth-order valence-electron chi connectivity index (χ4n) is 2.52. The first-order valence-corrected chi connectivity index (χ1v) is 7.67. The zero-order chi connectivity index (χ0) is 14.5. The lowest BCUT2D eigenvalue weighted by molar-refractivity contribution is 0.115. The maximum Gasteiger partial charge on any atom is 0.118 e. The number of aliphatic hydroxyl groups is 1. The second-order valence-electron chi connectivity index (χ2n) is 6.14. The fraction of sp³-hybridized carbons (Fsp3) is 0.647. The van der Waals surface area contributed by atoms with E-state index >= 15 is 0 Å². The molecule has 0 aromatic heterocycles. The number of nitrogens with one attached hydrogen (secondary N) is 1. The van der Waals surface area contributed by atoms with Crippen LogP contribution in [0.5, 0.6) is 5.75 Å². The molecule has 112 valence electrons. The predicted octanol–water partition coefficient (Wildman–Crippen LogP) is 3.14. The normalized spacial score (nSPS) is 18.1. The maximum atomic E-state index is 9.88. The van der Waals surface area contributed by atoms with E-state index in [4.69, 9.17) is 4.74 Å². The van der Waals surface area contributed by atoms with E-state index in [1.807, 2.05) is 12.1 Å². The summed E-state index contributed by atoms with van der Waals surface area (Å²) in [6.07, 6.45) is 3.21. The monoisotopic (exact) mass is 277 g/mol. The van der Waals surface area contributed by atoms with Gasteiger partial charge in [0.05, 0.1) is 13.2 Å². The minimum absolute atomic E-state index is 0.210. The summed E-state index contributed by atoms with van der Waals surface area (Å²) < 4.78 is 5.21. The Morgan fingerprint density at radius 3 is 2.40 bits per heavy atom. The highest BCUT2D eigenvalue weighted by Crippen LogP contribution is 2.41. The third-order valence-corrected chi connectivity index (χ3v) is 4.14. The molecule has 1 aromatic carbocycles. The van der Waals surface area contributed by atoms with Gasteiger partial charge in [-0.15, -0.1) is 0 Å². The van der Waals surface area contributed by atoms with E-state index in [1.165, 1.54) is 18.4 Å². The number of aliphatic hydroxyl groups excluding tert-OH is 1. The summed E-state index contributed by atoms with van der Waals surface area (Å²) in [7, 11) is 1.69. The van der Waals surface area contributed by atoms with Gasteiger partial charge in [-0.3, -0.25) is 0 Å². The molecule has 1 saturated carbocycles. The second kappa shape index (κ2) is 7.09. The number of methoxy groups -OCH3 is 1. The van der Waals surface area contributed by atoms with E-state index in [2.05, 4.69) is 31.3 Å². The predicted molar refractivity (Wildman–Crippen MR) is 81.9 cm³/mol. The Kier molecular flexibility index (Phi) is 5.44. The van der Waals surface area contributed by atoms with Crippen molar-refractivity contribution in [1.29, 1.82) is 0 Å². The molecule has 0 bridgehead atoms. The maximum absolute atomic E-state index is 9.88. The van der Waals surface area contributed by atoms with Crippen molar-refractivity contribution in [3.63, 3.8) is 0 Å². The Bertz CT molecular complexity index is 398.